The third kappa shape index (κ3) is 4.29. The Balaban J connectivity index is 2.11. The van der Waals surface area contributed by atoms with Crippen LogP contribution in [0.2, 0.25) is 0 Å². The smallest absolute Gasteiger partial charge is 0.293 e. The predicted molar refractivity (Wildman–Crippen MR) is 88.3 cm³/mol. The molecule has 0 aliphatic rings. The van der Waals surface area contributed by atoms with Gasteiger partial charge in [0.05, 0.1) is 10.7 Å². The van der Waals surface area contributed by atoms with Crippen LogP contribution in [0, 0.1) is 35.6 Å². The summed E-state index contributed by atoms with van der Waals surface area (Å²) in [5.74, 6) is -1.99. The van der Waals surface area contributed by atoms with Gasteiger partial charge in [-0.2, -0.15) is 0 Å². The molecule has 0 saturated carbocycles. The number of benzene rings is 2. The van der Waals surface area contributed by atoms with Gasteiger partial charge in [-0.25, -0.2) is 8.78 Å². The van der Waals surface area contributed by atoms with E-state index in [1.54, 1.807) is 13.8 Å². The minimum Gasteiger partial charge on any atom is -0.320 e. The van der Waals surface area contributed by atoms with E-state index < -0.39 is 22.5 Å². The summed E-state index contributed by atoms with van der Waals surface area (Å²) in [6, 6.07) is 5.84. The van der Waals surface area contributed by atoms with E-state index in [0.29, 0.717) is 0 Å². The first-order valence-corrected chi connectivity index (χ1v) is 7.90. The summed E-state index contributed by atoms with van der Waals surface area (Å²) in [7, 11) is 0. The normalized spacial score (nSPS) is 10.5. The number of nitrogens with zero attached hydrogens (tertiary/aromatic N) is 1. The van der Waals surface area contributed by atoms with Crippen molar-refractivity contribution < 1.29 is 18.5 Å². The van der Waals surface area contributed by atoms with E-state index in [1.165, 1.54) is 12.1 Å². The van der Waals surface area contributed by atoms with Crippen LogP contribution in [0.5, 0.6) is 0 Å². The molecule has 1 N–H and O–H groups in total. The summed E-state index contributed by atoms with van der Waals surface area (Å²) in [4.78, 5) is 22.5. The van der Waals surface area contributed by atoms with E-state index in [0.717, 1.165) is 41.1 Å². The minimum atomic E-state index is -0.633. The maximum Gasteiger partial charge on any atom is 0.293 e. The van der Waals surface area contributed by atoms with Gasteiger partial charge in [-0.15, -0.1) is 11.8 Å². The molecule has 0 atom stereocenters. The molecule has 2 aromatic carbocycles. The van der Waals surface area contributed by atoms with Gasteiger partial charge in [0.15, 0.2) is 0 Å². The minimum absolute atomic E-state index is 0.000244. The van der Waals surface area contributed by atoms with Crippen LogP contribution in [0.1, 0.15) is 11.1 Å². The number of rotatable bonds is 5. The zero-order valence-electron chi connectivity index (χ0n) is 12.9. The van der Waals surface area contributed by atoms with Crippen LogP contribution in [0.15, 0.2) is 35.2 Å². The number of nitro benzene ring substituents is 1. The summed E-state index contributed by atoms with van der Waals surface area (Å²) in [5.41, 5.74) is 1.39. The first kappa shape index (κ1) is 17.9. The lowest BCUT2D eigenvalue weighted by Crippen LogP contribution is -2.15. The lowest BCUT2D eigenvalue weighted by atomic mass is 10.1. The van der Waals surface area contributed by atoms with Gasteiger partial charge < -0.3 is 5.32 Å². The van der Waals surface area contributed by atoms with Crippen molar-refractivity contribution in [1.82, 2.24) is 0 Å². The molecule has 0 bridgehead atoms. The molecule has 126 valence electrons. The van der Waals surface area contributed by atoms with E-state index in [-0.39, 0.29) is 22.0 Å². The average Bonchev–Trinajstić information content (AvgIpc) is 2.51. The molecule has 0 spiro atoms. The molecular weight excluding hydrogens is 338 g/mol. The van der Waals surface area contributed by atoms with Crippen LogP contribution in [0.4, 0.5) is 20.2 Å². The number of amides is 1. The van der Waals surface area contributed by atoms with Gasteiger partial charge in [-0.1, -0.05) is 0 Å². The zero-order valence-corrected chi connectivity index (χ0v) is 13.7. The fourth-order valence-corrected chi connectivity index (χ4v) is 2.73. The summed E-state index contributed by atoms with van der Waals surface area (Å²) < 4.78 is 26.6. The molecule has 0 unspecified atom stereocenters. The lowest BCUT2D eigenvalue weighted by molar-refractivity contribution is -0.384. The number of nitrogens with one attached hydrogen (secondary N) is 1. The van der Waals surface area contributed by atoms with Crippen LogP contribution < -0.4 is 5.32 Å². The summed E-state index contributed by atoms with van der Waals surface area (Å²) in [6.07, 6.45) is 0. The molecule has 2 rings (SSSR count). The highest BCUT2D eigenvalue weighted by Crippen LogP contribution is 2.29. The van der Waals surface area contributed by atoms with Gasteiger partial charge in [0, 0.05) is 11.0 Å². The largest absolute Gasteiger partial charge is 0.320 e. The maximum absolute atomic E-state index is 13.5. The Morgan fingerprint density at radius 3 is 2.54 bits per heavy atom. The van der Waals surface area contributed by atoms with Crippen LogP contribution in [-0.4, -0.2) is 16.6 Å². The number of nitro groups is 1. The van der Waals surface area contributed by atoms with Gasteiger partial charge in [-0.3, -0.25) is 14.9 Å². The summed E-state index contributed by atoms with van der Waals surface area (Å²) >= 11 is 0.813. The van der Waals surface area contributed by atoms with E-state index in [4.69, 9.17) is 0 Å². The third-order valence-electron chi connectivity index (χ3n) is 3.33. The molecule has 0 heterocycles. The predicted octanol–water partition coefficient (Wildman–Crippen LogP) is 4.22. The van der Waals surface area contributed by atoms with Crippen molar-refractivity contribution >= 4 is 29.0 Å². The first-order chi connectivity index (χ1) is 11.3. The molecule has 0 saturated heterocycles. The van der Waals surface area contributed by atoms with Gasteiger partial charge >= 0.3 is 0 Å². The van der Waals surface area contributed by atoms with Crippen LogP contribution in [-0.2, 0) is 4.79 Å². The summed E-state index contributed by atoms with van der Waals surface area (Å²) in [5, 5.41) is 13.5. The van der Waals surface area contributed by atoms with Gasteiger partial charge in [0.1, 0.15) is 17.3 Å². The highest BCUT2D eigenvalue weighted by molar-refractivity contribution is 8.00. The number of halogens is 2. The second-order valence-corrected chi connectivity index (χ2v) is 6.14. The van der Waals surface area contributed by atoms with Crippen molar-refractivity contribution in [3.63, 3.8) is 0 Å². The van der Waals surface area contributed by atoms with E-state index in [9.17, 15) is 23.7 Å². The van der Waals surface area contributed by atoms with Crippen molar-refractivity contribution in [3.8, 4) is 0 Å². The highest BCUT2D eigenvalue weighted by atomic mass is 32.2. The zero-order chi connectivity index (χ0) is 17.9. The number of anilines is 1. The number of carbonyl (C=O) groups is 1. The third-order valence-corrected chi connectivity index (χ3v) is 4.37. The summed E-state index contributed by atoms with van der Waals surface area (Å²) in [6.45, 7) is 3.50. The van der Waals surface area contributed by atoms with Gasteiger partial charge in [0.25, 0.3) is 5.69 Å². The lowest BCUT2D eigenvalue weighted by Gasteiger charge is -2.09. The van der Waals surface area contributed by atoms with Gasteiger partial charge in [0.2, 0.25) is 5.91 Å². The van der Waals surface area contributed by atoms with E-state index >= 15 is 0 Å². The molecule has 1 amide bonds. The maximum atomic E-state index is 13.5. The Bertz CT molecular complexity index is 812. The molecule has 0 aliphatic carbocycles. The number of hydrogen-bond acceptors (Lipinski definition) is 4. The number of aryl methyl sites for hydroxylation is 2. The van der Waals surface area contributed by atoms with E-state index in [2.05, 4.69) is 5.32 Å². The molecule has 0 aromatic heterocycles. The fraction of sp³-hybridized carbons (Fsp3) is 0.188. The Hall–Kier alpha value is -2.48. The van der Waals surface area contributed by atoms with Crippen molar-refractivity contribution in [2.24, 2.45) is 0 Å². The van der Waals surface area contributed by atoms with Crippen molar-refractivity contribution in [2.75, 3.05) is 11.1 Å². The van der Waals surface area contributed by atoms with Crippen molar-refractivity contribution in [3.05, 3.63) is 63.2 Å². The molecule has 2 aromatic rings. The fourth-order valence-electron chi connectivity index (χ4n) is 1.97. The average molecular weight is 352 g/mol. The first-order valence-electron chi connectivity index (χ1n) is 6.91. The molecular formula is C16H14F2N2O3S. The Labute approximate surface area is 141 Å². The highest BCUT2D eigenvalue weighted by Gasteiger charge is 2.18. The standard InChI is InChI=1S/C16H14F2N2O3S/c1-9-5-13(14(20(22)23)6-10(9)2)19-16(21)8-24-15-7-11(17)3-4-12(15)18/h3-7H,8H2,1-2H3,(H,19,21). The molecule has 0 radical (unpaired) electrons. The Morgan fingerprint density at radius 2 is 1.88 bits per heavy atom. The van der Waals surface area contributed by atoms with E-state index in [1.807, 2.05) is 0 Å². The monoisotopic (exact) mass is 352 g/mol. The number of carbonyl (C=O) groups excluding carboxylic acids is 1. The molecule has 0 fully saturated rings. The second-order valence-electron chi connectivity index (χ2n) is 5.12. The molecule has 8 heteroatoms. The second kappa shape index (κ2) is 7.39. The van der Waals surface area contributed by atoms with Crippen LogP contribution in [0.25, 0.3) is 0 Å². The SMILES string of the molecule is Cc1cc(NC(=O)CSc2cc(F)ccc2F)c([N+](=O)[O-])cc1C. The van der Waals surface area contributed by atoms with Crippen molar-refractivity contribution in [1.29, 1.82) is 0 Å². The van der Waals surface area contributed by atoms with Crippen molar-refractivity contribution in [2.45, 2.75) is 18.7 Å². The Morgan fingerprint density at radius 1 is 1.21 bits per heavy atom. The molecule has 5 nitrogen and oxygen atoms in total. The molecule has 24 heavy (non-hydrogen) atoms. The molecule has 0 aliphatic heterocycles. The Kier molecular flexibility index (Phi) is 5.50. The quantitative estimate of drug-likeness (QED) is 0.497. The number of hydrogen-bond donors (Lipinski definition) is 1. The number of thioether (sulfide) groups is 1. The van der Waals surface area contributed by atoms with Crippen LogP contribution in [0.3, 0.4) is 0 Å². The van der Waals surface area contributed by atoms with Gasteiger partial charge in [-0.05, 0) is 49.2 Å². The van der Waals surface area contributed by atoms with Crippen LogP contribution >= 0.6 is 11.8 Å². The topological polar surface area (TPSA) is 72.2 Å².